The smallest absolute Gasteiger partial charge is 0.337 e. The van der Waals surface area contributed by atoms with E-state index >= 15 is 0 Å². The quantitative estimate of drug-likeness (QED) is 0.805. The lowest BCUT2D eigenvalue weighted by molar-refractivity contribution is -0.115. The number of nitrogens with one attached hydrogen (secondary N) is 1. The van der Waals surface area contributed by atoms with Crippen molar-refractivity contribution < 1.29 is 14.7 Å². The Morgan fingerprint density at radius 1 is 1.50 bits per heavy atom. The second-order valence-corrected chi connectivity index (χ2v) is 3.24. The van der Waals surface area contributed by atoms with Crippen molar-refractivity contribution in [1.82, 2.24) is 0 Å². The molecule has 82 valence electrons. The van der Waals surface area contributed by atoms with Crippen LogP contribution in [0.3, 0.4) is 0 Å². The zero-order valence-electron chi connectivity index (χ0n) is 8.65. The first-order chi connectivity index (χ1) is 7.54. The number of carboxylic acids is 1. The van der Waals surface area contributed by atoms with Crippen LogP contribution in [0, 0.1) is 18.3 Å². The highest BCUT2D eigenvalue weighted by molar-refractivity contribution is 6.01. The fraction of sp³-hybridized carbons (Fsp3) is 0.182. The van der Waals surface area contributed by atoms with Crippen LogP contribution in [0.25, 0.3) is 0 Å². The van der Waals surface area contributed by atoms with Gasteiger partial charge in [-0.05, 0) is 24.6 Å². The standard InChI is InChI=1S/C11H10N2O3/c1-7-2-3-8(11(15)16)9(6-7)13-10(14)4-5-12/h2-3,6H,4H2,1H3,(H,13,14)(H,15,16). The summed E-state index contributed by atoms with van der Waals surface area (Å²) in [5.41, 5.74) is 1.06. The monoisotopic (exact) mass is 218 g/mol. The number of amides is 1. The molecule has 1 amide bonds. The second-order valence-electron chi connectivity index (χ2n) is 3.24. The van der Waals surface area contributed by atoms with Crippen molar-refractivity contribution in [3.63, 3.8) is 0 Å². The van der Waals surface area contributed by atoms with Gasteiger partial charge in [-0.15, -0.1) is 0 Å². The number of carbonyl (C=O) groups excluding carboxylic acids is 1. The van der Waals surface area contributed by atoms with E-state index in [0.29, 0.717) is 0 Å². The van der Waals surface area contributed by atoms with Crippen LogP contribution >= 0.6 is 0 Å². The van der Waals surface area contributed by atoms with Crippen LogP contribution in [0.2, 0.25) is 0 Å². The molecule has 1 rings (SSSR count). The molecule has 0 unspecified atom stereocenters. The SMILES string of the molecule is Cc1ccc(C(=O)O)c(NC(=O)CC#N)c1. The predicted molar refractivity (Wildman–Crippen MR) is 57.0 cm³/mol. The van der Waals surface area contributed by atoms with E-state index in [9.17, 15) is 9.59 Å². The van der Waals surface area contributed by atoms with Gasteiger partial charge in [0.25, 0.3) is 0 Å². The minimum Gasteiger partial charge on any atom is -0.478 e. The molecule has 0 bridgehead atoms. The largest absolute Gasteiger partial charge is 0.478 e. The highest BCUT2D eigenvalue weighted by Gasteiger charge is 2.12. The first kappa shape index (κ1) is 11.7. The molecule has 16 heavy (non-hydrogen) atoms. The second kappa shape index (κ2) is 4.94. The number of carboxylic acid groups (broad SMARTS) is 1. The van der Waals surface area contributed by atoms with Crippen LogP contribution in [0.15, 0.2) is 18.2 Å². The maximum absolute atomic E-state index is 11.2. The number of aryl methyl sites for hydroxylation is 1. The lowest BCUT2D eigenvalue weighted by Crippen LogP contribution is -2.13. The van der Waals surface area contributed by atoms with E-state index < -0.39 is 11.9 Å². The number of carbonyl (C=O) groups is 2. The third-order valence-electron chi connectivity index (χ3n) is 1.92. The minimum atomic E-state index is -1.12. The van der Waals surface area contributed by atoms with Gasteiger partial charge in [-0.1, -0.05) is 6.07 Å². The predicted octanol–water partition coefficient (Wildman–Crippen LogP) is 1.55. The van der Waals surface area contributed by atoms with Gasteiger partial charge in [0.2, 0.25) is 5.91 Å². The average molecular weight is 218 g/mol. The van der Waals surface area contributed by atoms with Crippen molar-refractivity contribution in [3.8, 4) is 6.07 Å². The van der Waals surface area contributed by atoms with Crippen molar-refractivity contribution in [2.45, 2.75) is 13.3 Å². The van der Waals surface area contributed by atoms with E-state index in [1.165, 1.54) is 6.07 Å². The summed E-state index contributed by atoms with van der Waals surface area (Å²) in [6, 6.07) is 6.30. The summed E-state index contributed by atoms with van der Waals surface area (Å²) in [7, 11) is 0. The third-order valence-corrected chi connectivity index (χ3v) is 1.92. The van der Waals surface area contributed by atoms with Crippen molar-refractivity contribution in [2.75, 3.05) is 5.32 Å². The molecule has 0 aliphatic carbocycles. The average Bonchev–Trinajstić information content (AvgIpc) is 2.17. The van der Waals surface area contributed by atoms with E-state index in [1.54, 1.807) is 25.1 Å². The molecule has 1 aromatic carbocycles. The van der Waals surface area contributed by atoms with Gasteiger partial charge in [-0.2, -0.15) is 5.26 Å². The van der Waals surface area contributed by atoms with Crippen LogP contribution < -0.4 is 5.32 Å². The van der Waals surface area contributed by atoms with Gasteiger partial charge in [-0.25, -0.2) is 4.79 Å². The van der Waals surface area contributed by atoms with Crippen LogP contribution in [0.5, 0.6) is 0 Å². The molecule has 0 fully saturated rings. The van der Waals surface area contributed by atoms with Crippen LogP contribution in [-0.2, 0) is 4.79 Å². The maximum Gasteiger partial charge on any atom is 0.337 e. The van der Waals surface area contributed by atoms with Crippen molar-refractivity contribution in [1.29, 1.82) is 5.26 Å². The molecular formula is C11H10N2O3. The normalized spacial score (nSPS) is 9.25. The number of nitriles is 1. The molecule has 5 heteroatoms. The van der Waals surface area contributed by atoms with E-state index in [-0.39, 0.29) is 17.7 Å². The molecule has 0 spiro atoms. The van der Waals surface area contributed by atoms with Gasteiger partial charge >= 0.3 is 5.97 Å². The Morgan fingerprint density at radius 2 is 2.19 bits per heavy atom. The topological polar surface area (TPSA) is 90.2 Å². The Labute approximate surface area is 92.3 Å². The summed E-state index contributed by atoms with van der Waals surface area (Å²) in [5.74, 6) is -1.64. The summed E-state index contributed by atoms with van der Waals surface area (Å²) in [5, 5.41) is 19.6. The third kappa shape index (κ3) is 2.82. The Kier molecular flexibility index (Phi) is 3.62. The number of anilines is 1. The maximum atomic E-state index is 11.2. The van der Waals surface area contributed by atoms with Gasteiger partial charge in [0.15, 0.2) is 0 Å². The molecule has 1 aromatic rings. The van der Waals surface area contributed by atoms with E-state index in [2.05, 4.69) is 5.32 Å². The molecule has 0 saturated heterocycles. The molecule has 0 heterocycles. The molecule has 2 N–H and O–H groups in total. The fourth-order valence-electron chi connectivity index (χ4n) is 1.21. The molecule has 0 aromatic heterocycles. The first-order valence-corrected chi connectivity index (χ1v) is 4.55. The molecule has 0 aliphatic rings. The lowest BCUT2D eigenvalue weighted by atomic mass is 10.1. The zero-order valence-corrected chi connectivity index (χ0v) is 8.65. The van der Waals surface area contributed by atoms with Crippen molar-refractivity contribution in [2.24, 2.45) is 0 Å². The Morgan fingerprint density at radius 3 is 2.75 bits per heavy atom. The van der Waals surface area contributed by atoms with Crippen LogP contribution in [0.1, 0.15) is 22.3 Å². The van der Waals surface area contributed by atoms with E-state index in [1.807, 2.05) is 0 Å². The minimum absolute atomic E-state index is 0.0110. The van der Waals surface area contributed by atoms with Crippen LogP contribution in [-0.4, -0.2) is 17.0 Å². The van der Waals surface area contributed by atoms with E-state index in [4.69, 9.17) is 10.4 Å². The molecule has 0 aliphatic heterocycles. The van der Waals surface area contributed by atoms with Gasteiger partial charge in [0.05, 0.1) is 17.3 Å². The Balaban J connectivity index is 3.02. The molecule has 0 atom stereocenters. The number of benzene rings is 1. The van der Waals surface area contributed by atoms with Gasteiger partial charge < -0.3 is 10.4 Å². The summed E-state index contributed by atoms with van der Waals surface area (Å²) < 4.78 is 0. The summed E-state index contributed by atoms with van der Waals surface area (Å²) in [6.45, 7) is 1.78. The molecule has 0 saturated carbocycles. The fourth-order valence-corrected chi connectivity index (χ4v) is 1.21. The zero-order chi connectivity index (χ0) is 12.1. The summed E-state index contributed by atoms with van der Waals surface area (Å²) in [4.78, 5) is 22.0. The number of nitrogens with zero attached hydrogens (tertiary/aromatic N) is 1. The molecule has 0 radical (unpaired) electrons. The number of rotatable bonds is 3. The van der Waals surface area contributed by atoms with Crippen LogP contribution in [0.4, 0.5) is 5.69 Å². The number of hydrogen-bond acceptors (Lipinski definition) is 3. The summed E-state index contributed by atoms with van der Waals surface area (Å²) >= 11 is 0. The van der Waals surface area contributed by atoms with E-state index in [0.717, 1.165) is 5.56 Å². The lowest BCUT2D eigenvalue weighted by Gasteiger charge is -2.07. The van der Waals surface area contributed by atoms with Gasteiger partial charge in [-0.3, -0.25) is 4.79 Å². The highest BCUT2D eigenvalue weighted by atomic mass is 16.4. The summed E-state index contributed by atoms with van der Waals surface area (Å²) in [6.07, 6.45) is -0.299. The van der Waals surface area contributed by atoms with Crippen molar-refractivity contribution in [3.05, 3.63) is 29.3 Å². The van der Waals surface area contributed by atoms with Crippen molar-refractivity contribution >= 4 is 17.6 Å². The highest BCUT2D eigenvalue weighted by Crippen LogP contribution is 2.17. The Hall–Kier alpha value is -2.35. The molecule has 5 nitrogen and oxygen atoms in total. The first-order valence-electron chi connectivity index (χ1n) is 4.55. The molecular weight excluding hydrogens is 208 g/mol. The van der Waals surface area contributed by atoms with Gasteiger partial charge in [0.1, 0.15) is 6.42 Å². The Bertz CT molecular complexity index is 475. The number of aromatic carboxylic acids is 1. The number of hydrogen-bond donors (Lipinski definition) is 2. The van der Waals surface area contributed by atoms with Gasteiger partial charge in [0, 0.05) is 0 Å².